The van der Waals surface area contributed by atoms with E-state index in [1.54, 1.807) is 7.11 Å². The summed E-state index contributed by atoms with van der Waals surface area (Å²) in [6.07, 6.45) is 4.22. The third kappa shape index (κ3) is 3.41. The smallest absolute Gasteiger partial charge is 0.185 e. The zero-order valence-electron chi connectivity index (χ0n) is 13.9. The van der Waals surface area contributed by atoms with Crippen molar-refractivity contribution < 1.29 is 9.26 Å². The molecule has 2 aromatic carbocycles. The van der Waals surface area contributed by atoms with E-state index in [-0.39, 0.29) is 0 Å². The van der Waals surface area contributed by atoms with Crippen LogP contribution in [-0.2, 0) is 6.54 Å². The van der Waals surface area contributed by atoms with Gasteiger partial charge in [-0.2, -0.15) is 0 Å². The van der Waals surface area contributed by atoms with Gasteiger partial charge in [0.25, 0.3) is 0 Å². The zero-order valence-corrected chi connectivity index (χ0v) is 15.4. The highest BCUT2D eigenvalue weighted by Gasteiger charge is 2.19. The first-order valence-corrected chi connectivity index (χ1v) is 8.86. The van der Waals surface area contributed by atoms with Gasteiger partial charge >= 0.3 is 0 Å². The van der Waals surface area contributed by atoms with E-state index in [0.717, 1.165) is 46.8 Å². The predicted octanol–water partition coefficient (Wildman–Crippen LogP) is 4.39. The van der Waals surface area contributed by atoms with Gasteiger partial charge in [-0.05, 0) is 35.9 Å². The van der Waals surface area contributed by atoms with Gasteiger partial charge in [0.05, 0.1) is 19.2 Å². The lowest BCUT2D eigenvalue weighted by molar-refractivity contribution is 0.289. The average molecular weight is 400 g/mol. The molecule has 0 unspecified atom stereocenters. The lowest BCUT2D eigenvalue weighted by Crippen LogP contribution is -2.38. The number of rotatable bonds is 4. The number of halogens is 1. The lowest BCUT2D eigenvalue weighted by atomic mass is 10.2. The maximum Gasteiger partial charge on any atom is 0.185 e. The third-order valence-electron chi connectivity index (χ3n) is 4.25. The minimum absolute atomic E-state index is 0.761. The van der Waals surface area contributed by atoms with Crippen LogP contribution >= 0.6 is 15.9 Å². The number of hydrogen-bond donors (Lipinski definition) is 0. The van der Waals surface area contributed by atoms with Crippen LogP contribution in [0.25, 0.3) is 11.0 Å². The zero-order chi connectivity index (χ0) is 17.2. The molecular weight excluding hydrogens is 382 g/mol. The van der Waals surface area contributed by atoms with Crippen molar-refractivity contribution in [3.63, 3.8) is 0 Å². The maximum atomic E-state index is 5.46. The molecule has 25 heavy (non-hydrogen) atoms. The van der Waals surface area contributed by atoms with Gasteiger partial charge in [-0.3, -0.25) is 4.90 Å². The van der Waals surface area contributed by atoms with Crippen LogP contribution in [0.4, 0.5) is 5.82 Å². The van der Waals surface area contributed by atoms with Crippen molar-refractivity contribution in [2.24, 2.45) is 0 Å². The Kier molecular flexibility index (Phi) is 4.46. The standard InChI is InChI=1S/C19H18BrN3O2/c1-24-16-6-3-14(4-7-16)12-22-9-2-10-23(13-22)19-17-11-15(20)5-8-18(17)25-21-19/h2-8,10-11H,9,12-13H2,1H3. The molecular formula is C19H18BrN3O2. The summed E-state index contributed by atoms with van der Waals surface area (Å²) in [7, 11) is 1.68. The number of ether oxygens (including phenoxy) is 1. The molecule has 0 aliphatic carbocycles. The van der Waals surface area contributed by atoms with Crippen LogP contribution in [-0.4, -0.2) is 30.4 Å². The number of benzene rings is 2. The molecule has 128 valence electrons. The molecule has 1 aromatic heterocycles. The fraction of sp³-hybridized carbons (Fsp3) is 0.211. The number of aromatic nitrogens is 1. The van der Waals surface area contributed by atoms with E-state index in [1.807, 2.05) is 30.3 Å². The molecule has 4 rings (SSSR count). The van der Waals surface area contributed by atoms with Crippen LogP contribution in [0.15, 0.2) is 63.7 Å². The molecule has 5 nitrogen and oxygen atoms in total. The predicted molar refractivity (Wildman–Crippen MR) is 102 cm³/mol. The number of hydrogen-bond acceptors (Lipinski definition) is 5. The van der Waals surface area contributed by atoms with Gasteiger partial charge in [0, 0.05) is 23.8 Å². The lowest BCUT2D eigenvalue weighted by Gasteiger charge is -2.31. The Bertz CT molecular complexity index is 905. The highest BCUT2D eigenvalue weighted by atomic mass is 79.9. The van der Waals surface area contributed by atoms with Crippen molar-refractivity contribution in [3.8, 4) is 5.75 Å². The Hall–Kier alpha value is -2.31. The van der Waals surface area contributed by atoms with E-state index in [4.69, 9.17) is 9.26 Å². The van der Waals surface area contributed by atoms with Gasteiger partial charge in [0.15, 0.2) is 11.4 Å². The molecule has 0 saturated carbocycles. The summed E-state index contributed by atoms with van der Waals surface area (Å²) in [6.45, 7) is 2.53. The molecule has 0 bridgehead atoms. The second-order valence-electron chi connectivity index (χ2n) is 6.00. The SMILES string of the molecule is COc1ccc(CN2CC=CN(c3noc4ccc(Br)cc34)C2)cc1. The van der Waals surface area contributed by atoms with Gasteiger partial charge < -0.3 is 14.2 Å². The summed E-state index contributed by atoms with van der Waals surface area (Å²) in [5, 5.41) is 5.26. The highest BCUT2D eigenvalue weighted by Crippen LogP contribution is 2.30. The Labute approximate surface area is 154 Å². The van der Waals surface area contributed by atoms with Crippen LogP contribution < -0.4 is 9.64 Å². The fourth-order valence-electron chi connectivity index (χ4n) is 2.99. The van der Waals surface area contributed by atoms with E-state index in [1.165, 1.54) is 5.56 Å². The van der Waals surface area contributed by atoms with Crippen molar-refractivity contribution in [2.75, 3.05) is 25.2 Å². The molecule has 0 fully saturated rings. The first kappa shape index (κ1) is 16.2. The Morgan fingerprint density at radius 3 is 2.84 bits per heavy atom. The maximum absolute atomic E-state index is 5.46. The number of anilines is 1. The second-order valence-corrected chi connectivity index (χ2v) is 6.92. The Morgan fingerprint density at radius 2 is 2.04 bits per heavy atom. The highest BCUT2D eigenvalue weighted by molar-refractivity contribution is 9.10. The first-order valence-electron chi connectivity index (χ1n) is 8.06. The molecule has 0 radical (unpaired) electrons. The second kappa shape index (κ2) is 6.90. The minimum atomic E-state index is 0.761. The number of methoxy groups -OCH3 is 1. The minimum Gasteiger partial charge on any atom is -0.497 e. The quantitative estimate of drug-likeness (QED) is 0.650. The molecule has 0 atom stereocenters. The van der Waals surface area contributed by atoms with Gasteiger partial charge in [-0.15, -0.1) is 0 Å². The molecule has 0 amide bonds. The Balaban J connectivity index is 1.53. The van der Waals surface area contributed by atoms with Crippen LogP contribution in [0.1, 0.15) is 5.56 Å². The largest absolute Gasteiger partial charge is 0.497 e. The van der Waals surface area contributed by atoms with E-state index in [0.29, 0.717) is 0 Å². The van der Waals surface area contributed by atoms with Crippen LogP contribution in [0.2, 0.25) is 0 Å². The van der Waals surface area contributed by atoms with Crippen molar-refractivity contribution in [2.45, 2.75) is 6.54 Å². The summed E-state index contributed by atoms with van der Waals surface area (Å²) in [4.78, 5) is 4.46. The molecule has 0 spiro atoms. The molecule has 1 aliphatic heterocycles. The molecule has 0 saturated heterocycles. The number of nitrogens with zero attached hydrogens (tertiary/aromatic N) is 3. The van der Waals surface area contributed by atoms with E-state index in [9.17, 15) is 0 Å². The van der Waals surface area contributed by atoms with Crippen molar-refractivity contribution in [1.82, 2.24) is 10.1 Å². The number of fused-ring (bicyclic) bond motifs is 1. The van der Waals surface area contributed by atoms with E-state index in [2.05, 4.69) is 55.3 Å². The normalized spacial score (nSPS) is 15.0. The van der Waals surface area contributed by atoms with Crippen molar-refractivity contribution >= 4 is 32.7 Å². The van der Waals surface area contributed by atoms with Crippen LogP contribution in [0.5, 0.6) is 5.75 Å². The van der Waals surface area contributed by atoms with Gasteiger partial charge in [-0.1, -0.05) is 39.3 Å². The molecule has 0 N–H and O–H groups in total. The fourth-order valence-corrected chi connectivity index (χ4v) is 3.35. The molecule has 1 aliphatic rings. The molecule has 3 aromatic rings. The summed E-state index contributed by atoms with van der Waals surface area (Å²) in [5.74, 6) is 1.72. The van der Waals surface area contributed by atoms with Crippen molar-refractivity contribution in [1.29, 1.82) is 0 Å². The van der Waals surface area contributed by atoms with Crippen LogP contribution in [0, 0.1) is 0 Å². The third-order valence-corrected chi connectivity index (χ3v) is 4.74. The van der Waals surface area contributed by atoms with Gasteiger partial charge in [0.2, 0.25) is 0 Å². The summed E-state index contributed by atoms with van der Waals surface area (Å²) < 4.78 is 11.7. The monoisotopic (exact) mass is 399 g/mol. The average Bonchev–Trinajstić information content (AvgIpc) is 3.05. The van der Waals surface area contributed by atoms with E-state index >= 15 is 0 Å². The topological polar surface area (TPSA) is 41.7 Å². The van der Waals surface area contributed by atoms with Gasteiger partial charge in [-0.25, -0.2) is 0 Å². The molecule has 2 heterocycles. The summed E-state index contributed by atoms with van der Waals surface area (Å²) >= 11 is 3.52. The van der Waals surface area contributed by atoms with Gasteiger partial charge in [0.1, 0.15) is 5.75 Å². The summed E-state index contributed by atoms with van der Waals surface area (Å²) in [5.41, 5.74) is 2.04. The van der Waals surface area contributed by atoms with Crippen molar-refractivity contribution in [3.05, 3.63) is 64.8 Å². The Morgan fingerprint density at radius 1 is 1.20 bits per heavy atom. The first-order chi connectivity index (χ1) is 12.2. The summed E-state index contributed by atoms with van der Waals surface area (Å²) in [6, 6.07) is 14.1. The van der Waals surface area contributed by atoms with E-state index < -0.39 is 0 Å². The van der Waals surface area contributed by atoms with Crippen LogP contribution in [0.3, 0.4) is 0 Å². The molecule has 6 heteroatoms.